The van der Waals surface area contributed by atoms with E-state index >= 15 is 0 Å². The summed E-state index contributed by atoms with van der Waals surface area (Å²) < 4.78 is 21.9. The molecule has 0 fully saturated rings. The van der Waals surface area contributed by atoms with E-state index in [4.69, 9.17) is 18.9 Å². The van der Waals surface area contributed by atoms with Crippen LogP contribution in [0, 0.1) is 0 Å². The number of benzene rings is 3. The summed E-state index contributed by atoms with van der Waals surface area (Å²) in [5.74, 6) is 2.72. The molecule has 6 nitrogen and oxygen atoms in total. The first kappa shape index (κ1) is 20.9. The van der Waals surface area contributed by atoms with Crippen molar-refractivity contribution in [1.82, 2.24) is 4.90 Å². The molecule has 3 aromatic rings. The average molecular weight is 443 g/mol. The number of amides is 1. The molecule has 0 aromatic heterocycles. The fourth-order valence-electron chi connectivity index (χ4n) is 4.46. The third-order valence-corrected chi connectivity index (χ3v) is 6.09. The Morgan fingerprint density at radius 3 is 2.52 bits per heavy atom. The van der Waals surface area contributed by atoms with Crippen LogP contribution in [0.3, 0.4) is 0 Å². The van der Waals surface area contributed by atoms with Gasteiger partial charge in [-0.2, -0.15) is 0 Å². The summed E-state index contributed by atoms with van der Waals surface area (Å²) >= 11 is 0. The van der Waals surface area contributed by atoms with Crippen molar-refractivity contribution < 1.29 is 23.7 Å². The largest absolute Gasteiger partial charge is 0.493 e. The number of ether oxygens (including phenoxy) is 4. The maximum Gasteiger partial charge on any atom is 0.247 e. The van der Waals surface area contributed by atoms with Gasteiger partial charge in [0.1, 0.15) is 0 Å². The summed E-state index contributed by atoms with van der Waals surface area (Å²) in [5, 5.41) is 0. The Morgan fingerprint density at radius 2 is 1.73 bits per heavy atom. The molecule has 0 unspecified atom stereocenters. The molecule has 1 amide bonds. The lowest BCUT2D eigenvalue weighted by Crippen LogP contribution is -2.39. The Hall–Kier alpha value is -3.93. The quantitative estimate of drug-likeness (QED) is 0.539. The number of hydrogen-bond donors (Lipinski definition) is 0. The van der Waals surface area contributed by atoms with Gasteiger partial charge in [-0.25, -0.2) is 0 Å². The molecule has 33 heavy (non-hydrogen) atoms. The van der Waals surface area contributed by atoms with Gasteiger partial charge in [0.05, 0.1) is 20.3 Å². The summed E-state index contributed by atoms with van der Waals surface area (Å²) in [4.78, 5) is 15.3. The maximum atomic E-state index is 13.4. The third-order valence-electron chi connectivity index (χ3n) is 6.09. The zero-order chi connectivity index (χ0) is 22.8. The van der Waals surface area contributed by atoms with Gasteiger partial charge < -0.3 is 23.8 Å². The van der Waals surface area contributed by atoms with Gasteiger partial charge in [-0.15, -0.1) is 0 Å². The van der Waals surface area contributed by atoms with Crippen LogP contribution < -0.4 is 18.9 Å². The number of rotatable bonds is 5. The van der Waals surface area contributed by atoms with Crippen LogP contribution in [0.2, 0.25) is 0 Å². The highest BCUT2D eigenvalue weighted by Gasteiger charge is 2.32. The van der Waals surface area contributed by atoms with E-state index in [1.807, 2.05) is 59.5 Å². The molecule has 168 valence electrons. The summed E-state index contributed by atoms with van der Waals surface area (Å²) in [6, 6.07) is 19.5. The Morgan fingerprint density at radius 1 is 0.970 bits per heavy atom. The Kier molecular flexibility index (Phi) is 5.65. The highest BCUT2D eigenvalue weighted by molar-refractivity contribution is 5.92. The van der Waals surface area contributed by atoms with Gasteiger partial charge in [0.2, 0.25) is 12.7 Å². The Bertz CT molecular complexity index is 1200. The number of nitrogens with zero attached hydrogens (tertiary/aromatic N) is 1. The van der Waals surface area contributed by atoms with Gasteiger partial charge in [-0.05, 0) is 59.0 Å². The van der Waals surface area contributed by atoms with Crippen molar-refractivity contribution in [2.75, 3.05) is 27.6 Å². The van der Waals surface area contributed by atoms with Crippen molar-refractivity contribution in [3.8, 4) is 23.0 Å². The van der Waals surface area contributed by atoms with Crippen molar-refractivity contribution >= 4 is 12.0 Å². The minimum Gasteiger partial charge on any atom is -0.493 e. The zero-order valence-corrected chi connectivity index (χ0v) is 18.6. The van der Waals surface area contributed by atoms with Gasteiger partial charge in [-0.3, -0.25) is 4.79 Å². The molecule has 0 radical (unpaired) electrons. The molecule has 1 atom stereocenters. The zero-order valence-electron chi connectivity index (χ0n) is 18.6. The van der Waals surface area contributed by atoms with Crippen molar-refractivity contribution in [1.29, 1.82) is 0 Å². The summed E-state index contributed by atoms with van der Waals surface area (Å²) in [6.45, 7) is 0.827. The van der Waals surface area contributed by atoms with Crippen molar-refractivity contribution in [2.45, 2.75) is 12.5 Å². The van der Waals surface area contributed by atoms with E-state index in [0.717, 1.165) is 34.4 Å². The summed E-state index contributed by atoms with van der Waals surface area (Å²) in [5.41, 5.74) is 4.14. The molecule has 3 aromatic carbocycles. The predicted molar refractivity (Wildman–Crippen MR) is 125 cm³/mol. The second-order valence-electron chi connectivity index (χ2n) is 7.95. The molecule has 2 aliphatic rings. The lowest BCUT2D eigenvalue weighted by Gasteiger charge is -2.37. The van der Waals surface area contributed by atoms with E-state index in [-0.39, 0.29) is 18.7 Å². The molecule has 0 spiro atoms. The van der Waals surface area contributed by atoms with Gasteiger partial charge in [-0.1, -0.05) is 36.4 Å². The maximum absolute atomic E-state index is 13.4. The molecule has 0 saturated carbocycles. The van der Waals surface area contributed by atoms with Crippen LogP contribution in [0.15, 0.2) is 66.7 Å². The van der Waals surface area contributed by atoms with Crippen LogP contribution >= 0.6 is 0 Å². The monoisotopic (exact) mass is 443 g/mol. The number of carbonyl (C=O) groups excluding carboxylic acids is 1. The lowest BCUT2D eigenvalue weighted by molar-refractivity contribution is -0.127. The Balaban J connectivity index is 1.49. The van der Waals surface area contributed by atoms with Gasteiger partial charge in [0.25, 0.3) is 0 Å². The van der Waals surface area contributed by atoms with Crippen molar-refractivity contribution in [3.63, 3.8) is 0 Å². The number of methoxy groups -OCH3 is 2. The van der Waals surface area contributed by atoms with Gasteiger partial charge in [0, 0.05) is 12.6 Å². The second kappa shape index (κ2) is 8.90. The molecule has 5 rings (SSSR count). The normalized spacial score (nSPS) is 16.5. The van der Waals surface area contributed by atoms with E-state index in [0.29, 0.717) is 23.8 Å². The fourth-order valence-corrected chi connectivity index (χ4v) is 4.46. The van der Waals surface area contributed by atoms with E-state index in [1.54, 1.807) is 20.3 Å². The highest BCUT2D eigenvalue weighted by Crippen LogP contribution is 2.41. The molecule has 2 heterocycles. The fraction of sp³-hybridized carbons (Fsp3) is 0.222. The number of hydrogen-bond acceptors (Lipinski definition) is 5. The highest BCUT2D eigenvalue weighted by atomic mass is 16.7. The molecule has 0 bridgehead atoms. The molecule has 0 N–H and O–H groups in total. The molecule has 0 saturated heterocycles. The molecule has 6 heteroatoms. The minimum absolute atomic E-state index is 0.0537. The van der Waals surface area contributed by atoms with E-state index in [1.165, 1.54) is 0 Å². The molecular formula is C27H25NO5. The standard InChI is InChI=1S/C27H25NO5/c1-30-23-15-20-12-13-28(26(29)11-9-18-8-10-22-25(14-18)33-17-32-22)27(19-6-4-3-5-7-19)21(20)16-24(23)31-2/h3-11,14-16,27H,12-13,17H2,1-2H3/b11-9-/t27-/m0/s1. The second-order valence-corrected chi connectivity index (χ2v) is 7.95. The topological polar surface area (TPSA) is 57.2 Å². The Labute approximate surface area is 193 Å². The van der Waals surface area contributed by atoms with Crippen LogP contribution in [0.5, 0.6) is 23.0 Å². The van der Waals surface area contributed by atoms with E-state index in [9.17, 15) is 4.79 Å². The number of carbonyl (C=O) groups is 1. The van der Waals surface area contributed by atoms with Gasteiger partial charge in [0.15, 0.2) is 23.0 Å². The van der Waals surface area contributed by atoms with E-state index in [2.05, 4.69) is 12.1 Å². The first-order valence-corrected chi connectivity index (χ1v) is 10.9. The summed E-state index contributed by atoms with van der Waals surface area (Å²) in [6.07, 6.45) is 4.18. The van der Waals surface area contributed by atoms with Crippen LogP contribution in [-0.4, -0.2) is 38.4 Å². The third kappa shape index (κ3) is 4.00. The van der Waals surface area contributed by atoms with E-state index < -0.39 is 0 Å². The minimum atomic E-state index is -0.219. The molecule has 2 aliphatic heterocycles. The first-order chi connectivity index (χ1) is 16.2. The predicted octanol–water partition coefficient (Wildman–Crippen LogP) is 4.62. The number of fused-ring (bicyclic) bond motifs is 2. The van der Waals surface area contributed by atoms with Crippen molar-refractivity contribution in [2.24, 2.45) is 0 Å². The summed E-state index contributed by atoms with van der Waals surface area (Å²) in [7, 11) is 3.26. The SMILES string of the molecule is COc1cc2c(cc1OC)[C@H](c1ccccc1)N(C(=O)/C=C\c1ccc3c(c1)OCO3)CC2. The first-order valence-electron chi connectivity index (χ1n) is 10.9. The van der Waals surface area contributed by atoms with Crippen LogP contribution in [0.1, 0.15) is 28.3 Å². The molecule has 0 aliphatic carbocycles. The van der Waals surface area contributed by atoms with Crippen LogP contribution in [-0.2, 0) is 11.2 Å². The van der Waals surface area contributed by atoms with Crippen molar-refractivity contribution in [3.05, 3.63) is 89.0 Å². The smallest absolute Gasteiger partial charge is 0.247 e. The van der Waals surface area contributed by atoms with Crippen LogP contribution in [0.4, 0.5) is 0 Å². The average Bonchev–Trinajstić information content (AvgIpc) is 3.34. The van der Waals surface area contributed by atoms with Gasteiger partial charge >= 0.3 is 0 Å². The lowest BCUT2D eigenvalue weighted by atomic mass is 9.87. The molecular weight excluding hydrogens is 418 g/mol. The van der Waals surface area contributed by atoms with Crippen LogP contribution in [0.25, 0.3) is 6.08 Å².